The number of rotatable bonds is 3. The summed E-state index contributed by atoms with van der Waals surface area (Å²) in [5, 5.41) is 0. The first kappa shape index (κ1) is 11.5. The van der Waals surface area contributed by atoms with E-state index < -0.39 is 5.92 Å². The number of likely N-dealkylation sites (tertiary alicyclic amines) is 1. The molecule has 1 saturated heterocycles. The predicted molar refractivity (Wildman–Crippen MR) is 60.8 cm³/mol. The van der Waals surface area contributed by atoms with Crippen LogP contribution in [0.25, 0.3) is 0 Å². The van der Waals surface area contributed by atoms with Crippen LogP contribution >= 0.6 is 0 Å². The summed E-state index contributed by atoms with van der Waals surface area (Å²) in [4.78, 5) is 1.78. The second-order valence-electron chi connectivity index (χ2n) is 4.90. The number of nitrogens with zero attached hydrogens (tertiary/aromatic N) is 1. The summed E-state index contributed by atoms with van der Waals surface area (Å²) in [7, 11) is 0. The number of hydrogen-bond acceptors (Lipinski definition) is 1. The zero-order valence-corrected chi connectivity index (χ0v) is 9.71. The lowest BCUT2D eigenvalue weighted by molar-refractivity contribution is -0.133. The van der Waals surface area contributed by atoms with Crippen molar-refractivity contribution in [3.05, 3.63) is 35.4 Å². The average Bonchev–Trinajstić information content (AvgIpc) is 2.15. The Labute approximate surface area is 95.1 Å². The van der Waals surface area contributed by atoms with Gasteiger partial charge in [-0.1, -0.05) is 38.1 Å². The molecule has 0 aliphatic carbocycles. The number of hydrogen-bond donors (Lipinski definition) is 0. The van der Waals surface area contributed by atoms with Crippen molar-refractivity contribution >= 4 is 0 Å². The summed E-state index contributed by atoms with van der Waals surface area (Å²) in [6, 6.07) is 8.20. The molecule has 0 spiro atoms. The van der Waals surface area contributed by atoms with E-state index in [1.807, 2.05) is 12.1 Å². The van der Waals surface area contributed by atoms with Gasteiger partial charge < -0.3 is 0 Å². The van der Waals surface area contributed by atoms with E-state index in [-0.39, 0.29) is 13.1 Å². The molecule has 0 N–H and O–H groups in total. The lowest BCUT2D eigenvalue weighted by Gasteiger charge is -2.38. The van der Waals surface area contributed by atoms with Gasteiger partial charge in [0.2, 0.25) is 0 Å². The maximum Gasteiger partial charge on any atom is 0.272 e. The number of halogens is 2. The molecule has 1 aliphatic rings. The molecule has 16 heavy (non-hydrogen) atoms. The van der Waals surface area contributed by atoms with Crippen LogP contribution < -0.4 is 0 Å². The molecule has 1 nitrogen and oxygen atoms in total. The number of alkyl halides is 2. The van der Waals surface area contributed by atoms with E-state index >= 15 is 0 Å². The molecule has 0 saturated carbocycles. The van der Waals surface area contributed by atoms with Crippen LogP contribution in [0.4, 0.5) is 8.78 Å². The van der Waals surface area contributed by atoms with Gasteiger partial charge in [0.1, 0.15) is 0 Å². The van der Waals surface area contributed by atoms with Crippen LogP contribution in [0.3, 0.4) is 0 Å². The van der Waals surface area contributed by atoms with E-state index in [1.54, 1.807) is 4.90 Å². The third kappa shape index (κ3) is 2.59. The van der Waals surface area contributed by atoms with E-state index in [9.17, 15) is 8.78 Å². The molecular formula is C13H17F2N. The standard InChI is InChI=1S/C13H17F2N/c1-10(2)12-5-3-4-11(6-12)7-16-8-13(14,15)9-16/h3-6,10H,7-9H2,1-2H3. The van der Waals surface area contributed by atoms with Crippen molar-refractivity contribution in [3.63, 3.8) is 0 Å². The second-order valence-corrected chi connectivity index (χ2v) is 4.90. The minimum atomic E-state index is -2.46. The molecule has 2 rings (SSSR count). The topological polar surface area (TPSA) is 3.24 Å². The normalized spacial score (nSPS) is 19.8. The zero-order valence-electron chi connectivity index (χ0n) is 9.71. The molecular weight excluding hydrogens is 208 g/mol. The van der Waals surface area contributed by atoms with Gasteiger partial charge in [0.15, 0.2) is 0 Å². The second kappa shape index (κ2) is 4.13. The molecule has 1 heterocycles. The van der Waals surface area contributed by atoms with Gasteiger partial charge >= 0.3 is 0 Å². The first-order chi connectivity index (χ1) is 7.46. The molecule has 0 aromatic heterocycles. The third-order valence-electron chi connectivity index (χ3n) is 2.93. The Morgan fingerprint density at radius 1 is 1.31 bits per heavy atom. The first-order valence-electron chi connectivity index (χ1n) is 5.65. The summed E-state index contributed by atoms with van der Waals surface area (Å²) in [6.45, 7) is 4.71. The molecule has 0 amide bonds. The highest BCUT2D eigenvalue weighted by Gasteiger charge is 2.43. The maximum atomic E-state index is 12.7. The molecule has 1 aromatic carbocycles. The van der Waals surface area contributed by atoms with Crippen molar-refractivity contribution in [2.75, 3.05) is 13.1 Å². The Bertz CT molecular complexity index is 366. The largest absolute Gasteiger partial charge is 0.287 e. The van der Waals surface area contributed by atoms with Crippen LogP contribution in [0.1, 0.15) is 30.9 Å². The Morgan fingerprint density at radius 2 is 2.00 bits per heavy atom. The van der Waals surface area contributed by atoms with Gasteiger partial charge in [-0.15, -0.1) is 0 Å². The Morgan fingerprint density at radius 3 is 2.56 bits per heavy atom. The van der Waals surface area contributed by atoms with E-state index in [2.05, 4.69) is 26.0 Å². The van der Waals surface area contributed by atoms with E-state index in [0.29, 0.717) is 12.5 Å². The maximum absolute atomic E-state index is 12.7. The van der Waals surface area contributed by atoms with Crippen LogP contribution in [0.2, 0.25) is 0 Å². The SMILES string of the molecule is CC(C)c1cccc(CN2CC(F)(F)C2)c1. The van der Waals surface area contributed by atoms with Gasteiger partial charge in [-0.25, -0.2) is 8.78 Å². The molecule has 88 valence electrons. The van der Waals surface area contributed by atoms with Crippen molar-refractivity contribution in [2.45, 2.75) is 32.2 Å². The Kier molecular flexibility index (Phi) is 2.98. The fraction of sp³-hybridized carbons (Fsp3) is 0.538. The van der Waals surface area contributed by atoms with Crippen LogP contribution in [-0.2, 0) is 6.54 Å². The minimum absolute atomic E-state index is 0.0983. The summed E-state index contributed by atoms with van der Waals surface area (Å²) in [6.07, 6.45) is 0. The fourth-order valence-corrected chi connectivity index (χ4v) is 2.03. The van der Waals surface area contributed by atoms with E-state index in [4.69, 9.17) is 0 Å². The van der Waals surface area contributed by atoms with Gasteiger partial charge in [0.05, 0.1) is 13.1 Å². The summed E-state index contributed by atoms with van der Waals surface area (Å²) >= 11 is 0. The highest BCUT2D eigenvalue weighted by molar-refractivity contribution is 5.25. The summed E-state index contributed by atoms with van der Waals surface area (Å²) in [5.74, 6) is -1.98. The van der Waals surface area contributed by atoms with Gasteiger partial charge in [-0.2, -0.15) is 0 Å². The molecule has 1 aromatic rings. The lowest BCUT2D eigenvalue weighted by Crippen LogP contribution is -2.55. The third-order valence-corrected chi connectivity index (χ3v) is 2.93. The number of benzene rings is 1. The van der Waals surface area contributed by atoms with Crippen molar-refractivity contribution in [2.24, 2.45) is 0 Å². The highest BCUT2D eigenvalue weighted by atomic mass is 19.3. The molecule has 1 fully saturated rings. The molecule has 0 unspecified atom stereocenters. The Balaban J connectivity index is 1.98. The monoisotopic (exact) mass is 225 g/mol. The van der Waals surface area contributed by atoms with Crippen LogP contribution in [0, 0.1) is 0 Å². The fourth-order valence-electron chi connectivity index (χ4n) is 2.03. The zero-order chi connectivity index (χ0) is 11.8. The quantitative estimate of drug-likeness (QED) is 0.763. The van der Waals surface area contributed by atoms with Crippen LogP contribution in [0.5, 0.6) is 0 Å². The average molecular weight is 225 g/mol. The van der Waals surface area contributed by atoms with Gasteiger partial charge in [0.25, 0.3) is 5.92 Å². The van der Waals surface area contributed by atoms with E-state index in [0.717, 1.165) is 5.56 Å². The smallest absolute Gasteiger partial charge is 0.272 e. The minimum Gasteiger partial charge on any atom is -0.287 e. The van der Waals surface area contributed by atoms with E-state index in [1.165, 1.54) is 5.56 Å². The van der Waals surface area contributed by atoms with Crippen molar-refractivity contribution in [1.82, 2.24) is 4.90 Å². The van der Waals surface area contributed by atoms with Crippen LogP contribution in [-0.4, -0.2) is 23.9 Å². The molecule has 3 heteroatoms. The molecule has 0 atom stereocenters. The predicted octanol–water partition coefficient (Wildman–Crippen LogP) is 3.26. The summed E-state index contributed by atoms with van der Waals surface area (Å²) in [5.41, 5.74) is 2.39. The van der Waals surface area contributed by atoms with Gasteiger partial charge in [0, 0.05) is 6.54 Å². The molecule has 0 bridgehead atoms. The summed E-state index contributed by atoms with van der Waals surface area (Å²) < 4.78 is 25.3. The highest BCUT2D eigenvalue weighted by Crippen LogP contribution is 2.28. The lowest BCUT2D eigenvalue weighted by atomic mass is 10.00. The van der Waals surface area contributed by atoms with Gasteiger partial charge in [-0.05, 0) is 17.0 Å². The van der Waals surface area contributed by atoms with Crippen LogP contribution in [0.15, 0.2) is 24.3 Å². The first-order valence-corrected chi connectivity index (χ1v) is 5.65. The van der Waals surface area contributed by atoms with Gasteiger partial charge in [-0.3, -0.25) is 4.90 Å². The Hall–Kier alpha value is -0.960. The van der Waals surface area contributed by atoms with Crippen molar-refractivity contribution < 1.29 is 8.78 Å². The molecule has 1 aliphatic heterocycles. The van der Waals surface area contributed by atoms with Crippen molar-refractivity contribution in [1.29, 1.82) is 0 Å². The molecule has 0 radical (unpaired) electrons. The van der Waals surface area contributed by atoms with Crippen molar-refractivity contribution in [3.8, 4) is 0 Å².